The van der Waals surface area contributed by atoms with Gasteiger partial charge < -0.3 is 14.2 Å². The van der Waals surface area contributed by atoms with Crippen LogP contribution in [0.3, 0.4) is 0 Å². The van der Waals surface area contributed by atoms with Gasteiger partial charge in [0.15, 0.2) is 10.8 Å². The van der Waals surface area contributed by atoms with Crippen molar-refractivity contribution in [2.45, 2.75) is 15.7 Å². The first-order valence-corrected chi connectivity index (χ1v) is 14.6. The number of hydrogen-bond donors (Lipinski definition) is 1. The number of nitrogens with zero attached hydrogens (tertiary/aromatic N) is 3. The fourth-order valence-corrected chi connectivity index (χ4v) is 6.30. The number of rotatable bonds is 7. The molecule has 0 aliphatic rings. The second-order valence-corrected chi connectivity index (χ2v) is 11.6. The zero-order valence-corrected chi connectivity index (χ0v) is 24.7. The molecule has 5 nitrogen and oxygen atoms in total. The lowest BCUT2D eigenvalue weighted by atomic mass is 9.82. The molecule has 42 heavy (non-hydrogen) atoms. The van der Waals surface area contributed by atoms with E-state index in [9.17, 15) is 9.90 Å². The number of pyridine rings is 1. The highest BCUT2D eigenvalue weighted by molar-refractivity contribution is 7.99. The number of aromatic nitrogens is 3. The van der Waals surface area contributed by atoms with Crippen molar-refractivity contribution in [2.24, 2.45) is 14.1 Å². The van der Waals surface area contributed by atoms with Gasteiger partial charge in [-0.2, -0.15) is 0 Å². The molecule has 0 saturated carbocycles. The Hall–Kier alpha value is -4.36. The van der Waals surface area contributed by atoms with E-state index in [2.05, 4.69) is 6.58 Å². The first kappa shape index (κ1) is 27.8. The van der Waals surface area contributed by atoms with Crippen molar-refractivity contribution in [2.75, 3.05) is 0 Å². The van der Waals surface area contributed by atoms with Crippen molar-refractivity contribution < 1.29 is 5.11 Å². The summed E-state index contributed by atoms with van der Waals surface area (Å²) >= 11 is 7.79. The zero-order chi connectivity index (χ0) is 29.4. The Morgan fingerprint density at radius 3 is 2.36 bits per heavy atom. The number of aryl methyl sites for hydroxylation is 1. The molecule has 0 bridgehead atoms. The third kappa shape index (κ3) is 4.88. The Morgan fingerprint density at radius 1 is 0.881 bits per heavy atom. The van der Waals surface area contributed by atoms with Crippen molar-refractivity contribution in [3.05, 3.63) is 154 Å². The average molecular weight is 590 g/mol. The average Bonchev–Trinajstić information content (AvgIpc) is 3.39. The molecule has 2 heterocycles. The maximum Gasteiger partial charge on any atom is 0.251 e. The van der Waals surface area contributed by atoms with E-state index in [1.807, 2.05) is 96.5 Å². The summed E-state index contributed by atoms with van der Waals surface area (Å²) in [6, 6.07) is 32.5. The van der Waals surface area contributed by atoms with E-state index in [1.54, 1.807) is 42.1 Å². The second kappa shape index (κ2) is 11.1. The van der Waals surface area contributed by atoms with Gasteiger partial charge in [0.25, 0.3) is 5.56 Å². The number of aliphatic hydroxyl groups is 1. The first-order valence-electron chi connectivity index (χ1n) is 13.4. The Morgan fingerprint density at radius 2 is 1.62 bits per heavy atom. The monoisotopic (exact) mass is 589 g/mol. The fourth-order valence-electron chi connectivity index (χ4n) is 5.33. The molecule has 0 saturated heterocycles. The van der Waals surface area contributed by atoms with E-state index in [0.29, 0.717) is 21.8 Å². The SMILES string of the molecule is C=Cc1cccc(-c2cc(=O)n(C)c3ccc(C(O)(c4ccc(Cl)cc4)c4cnc(Sc5ccccc5)n4C)cc23)c1. The molecule has 0 spiro atoms. The summed E-state index contributed by atoms with van der Waals surface area (Å²) in [5.74, 6) is 0. The van der Waals surface area contributed by atoms with Crippen LogP contribution in [0.1, 0.15) is 22.4 Å². The van der Waals surface area contributed by atoms with Crippen LogP contribution in [-0.2, 0) is 19.7 Å². The van der Waals surface area contributed by atoms with Crippen LogP contribution < -0.4 is 5.56 Å². The lowest BCUT2D eigenvalue weighted by Crippen LogP contribution is -2.31. The second-order valence-electron chi connectivity index (χ2n) is 10.1. The molecule has 1 N–H and O–H groups in total. The van der Waals surface area contributed by atoms with Crippen molar-refractivity contribution in [1.82, 2.24) is 14.1 Å². The maximum absolute atomic E-state index is 13.0. The Balaban J connectivity index is 1.59. The molecule has 0 fully saturated rings. The summed E-state index contributed by atoms with van der Waals surface area (Å²) in [6.45, 7) is 3.90. The zero-order valence-electron chi connectivity index (χ0n) is 23.2. The minimum absolute atomic E-state index is 0.114. The number of fused-ring (bicyclic) bond motifs is 1. The molecule has 2 aromatic heterocycles. The van der Waals surface area contributed by atoms with Gasteiger partial charge in [0.1, 0.15) is 0 Å². The Bertz CT molecular complexity index is 2000. The molecule has 1 atom stereocenters. The Kier molecular flexibility index (Phi) is 7.37. The van der Waals surface area contributed by atoms with Gasteiger partial charge in [-0.25, -0.2) is 4.98 Å². The van der Waals surface area contributed by atoms with Crippen LogP contribution in [0.15, 0.2) is 131 Å². The molecule has 0 aliphatic heterocycles. The quantitative estimate of drug-likeness (QED) is 0.208. The molecule has 4 aromatic carbocycles. The van der Waals surface area contributed by atoms with Crippen molar-refractivity contribution in [3.8, 4) is 11.1 Å². The number of benzene rings is 4. The third-order valence-corrected chi connectivity index (χ3v) is 8.95. The molecule has 7 heteroatoms. The van der Waals surface area contributed by atoms with Crippen LogP contribution in [-0.4, -0.2) is 19.2 Å². The summed E-state index contributed by atoms with van der Waals surface area (Å²) < 4.78 is 3.55. The van der Waals surface area contributed by atoms with Gasteiger partial charge in [-0.15, -0.1) is 0 Å². The predicted molar refractivity (Wildman–Crippen MR) is 172 cm³/mol. The minimum Gasteiger partial charge on any atom is -0.374 e. The van der Waals surface area contributed by atoms with Gasteiger partial charge in [0.2, 0.25) is 0 Å². The number of hydrogen-bond acceptors (Lipinski definition) is 4. The van der Waals surface area contributed by atoms with E-state index in [0.717, 1.165) is 37.6 Å². The minimum atomic E-state index is -1.58. The lowest BCUT2D eigenvalue weighted by Gasteiger charge is -2.30. The van der Waals surface area contributed by atoms with Crippen LogP contribution >= 0.6 is 23.4 Å². The molecule has 208 valence electrons. The third-order valence-electron chi connectivity index (χ3n) is 7.63. The normalized spacial score (nSPS) is 12.8. The van der Waals surface area contributed by atoms with E-state index in [1.165, 1.54) is 11.8 Å². The number of imidazole rings is 1. The van der Waals surface area contributed by atoms with E-state index in [-0.39, 0.29) is 5.56 Å². The van der Waals surface area contributed by atoms with Gasteiger partial charge in [0, 0.05) is 35.5 Å². The van der Waals surface area contributed by atoms with Gasteiger partial charge >= 0.3 is 0 Å². The van der Waals surface area contributed by atoms with Crippen LogP contribution in [0.2, 0.25) is 5.02 Å². The van der Waals surface area contributed by atoms with E-state index in [4.69, 9.17) is 16.6 Å². The highest BCUT2D eigenvalue weighted by atomic mass is 35.5. The topological polar surface area (TPSA) is 60.1 Å². The molecular weight excluding hydrogens is 562 g/mol. The molecule has 1 unspecified atom stereocenters. The highest BCUT2D eigenvalue weighted by Crippen LogP contribution is 2.41. The number of halogens is 1. The lowest BCUT2D eigenvalue weighted by molar-refractivity contribution is 0.117. The molecule has 6 rings (SSSR count). The van der Waals surface area contributed by atoms with Gasteiger partial charge in [-0.3, -0.25) is 4.79 Å². The molecule has 6 aromatic rings. The molecule has 0 aliphatic carbocycles. The van der Waals surface area contributed by atoms with Crippen LogP contribution in [0.25, 0.3) is 28.1 Å². The van der Waals surface area contributed by atoms with Crippen molar-refractivity contribution in [1.29, 1.82) is 0 Å². The van der Waals surface area contributed by atoms with Crippen LogP contribution in [0.5, 0.6) is 0 Å². The van der Waals surface area contributed by atoms with Gasteiger partial charge in [0.05, 0.1) is 17.4 Å². The summed E-state index contributed by atoms with van der Waals surface area (Å²) in [6.07, 6.45) is 3.50. The smallest absolute Gasteiger partial charge is 0.251 e. The fraction of sp³-hybridized carbons (Fsp3) is 0.0857. The molecule has 0 radical (unpaired) electrons. The van der Waals surface area contributed by atoms with Gasteiger partial charge in [-0.05, 0) is 70.3 Å². The largest absolute Gasteiger partial charge is 0.374 e. The van der Waals surface area contributed by atoms with Crippen molar-refractivity contribution >= 4 is 40.3 Å². The van der Waals surface area contributed by atoms with Gasteiger partial charge in [-0.1, -0.05) is 90.6 Å². The van der Waals surface area contributed by atoms with Crippen LogP contribution in [0.4, 0.5) is 0 Å². The summed E-state index contributed by atoms with van der Waals surface area (Å²) in [4.78, 5) is 18.8. The molecular formula is C35H28ClN3O2S. The highest BCUT2D eigenvalue weighted by Gasteiger charge is 2.38. The first-order chi connectivity index (χ1) is 20.3. The predicted octanol–water partition coefficient (Wildman–Crippen LogP) is 7.67. The summed E-state index contributed by atoms with van der Waals surface area (Å²) in [5, 5.41) is 15.0. The van der Waals surface area contributed by atoms with E-state index < -0.39 is 5.60 Å². The molecule has 0 amide bonds. The van der Waals surface area contributed by atoms with Crippen molar-refractivity contribution in [3.63, 3.8) is 0 Å². The summed E-state index contributed by atoms with van der Waals surface area (Å²) in [7, 11) is 3.67. The summed E-state index contributed by atoms with van der Waals surface area (Å²) in [5.41, 5.74) is 3.57. The Labute approximate surface area is 253 Å². The standard InChI is InChI=1S/C35H28ClN3O2S/c1-4-23-9-8-10-24(19-23)29-21-33(40)38(2)31-18-15-26(20-30(29)31)35(41,25-13-16-27(36)17-14-25)32-22-37-34(39(32)3)42-28-11-6-5-7-12-28/h4-22,41H,1H2,2-3H3. The van der Waals surface area contributed by atoms with E-state index >= 15 is 0 Å². The maximum atomic E-state index is 13.0. The van der Waals surface area contributed by atoms with Crippen LogP contribution in [0, 0.1) is 0 Å².